The largest absolute Gasteiger partial charge is 0.456 e. The van der Waals surface area contributed by atoms with Crippen molar-refractivity contribution < 1.29 is 13.9 Å². The lowest BCUT2D eigenvalue weighted by molar-refractivity contribution is -0.956. The second kappa shape index (κ2) is 7.73. The Hall–Kier alpha value is -6.46. The molecule has 48 heavy (non-hydrogen) atoms. The van der Waals surface area contributed by atoms with E-state index in [-0.39, 0.29) is 0 Å². The van der Waals surface area contributed by atoms with E-state index in [9.17, 15) is 0 Å². The van der Waals surface area contributed by atoms with Crippen molar-refractivity contribution in [2.24, 2.45) is 0 Å². The van der Waals surface area contributed by atoms with Gasteiger partial charge >= 0.3 is 5.66 Å². The van der Waals surface area contributed by atoms with Gasteiger partial charge in [0.2, 0.25) is 5.52 Å². The van der Waals surface area contributed by atoms with Gasteiger partial charge in [-0.25, -0.2) is 0 Å². The number of hydrogen-bond donors (Lipinski definition) is 0. The first-order chi connectivity index (χ1) is 23.9. The van der Waals surface area contributed by atoms with Crippen LogP contribution < -0.4 is 13.9 Å². The van der Waals surface area contributed by atoms with Crippen LogP contribution in [0.2, 0.25) is 0 Å². The smallest absolute Gasteiger partial charge is 0.375 e. The van der Waals surface area contributed by atoms with E-state index in [1.807, 2.05) is 0 Å². The van der Waals surface area contributed by atoms with Crippen molar-refractivity contribution in [3.8, 4) is 28.4 Å². The van der Waals surface area contributed by atoms with Crippen molar-refractivity contribution in [1.82, 2.24) is 8.97 Å². The zero-order valence-corrected chi connectivity index (χ0v) is 25.6. The van der Waals surface area contributed by atoms with E-state index >= 15 is 0 Å². The van der Waals surface area contributed by atoms with Crippen LogP contribution in [0.3, 0.4) is 0 Å². The van der Waals surface area contributed by atoms with Crippen LogP contribution in [0.15, 0.2) is 146 Å². The Kier molecular flexibility index (Phi) is 3.84. The van der Waals surface area contributed by atoms with Gasteiger partial charge in [-0.2, -0.15) is 9.13 Å². The van der Waals surface area contributed by atoms with E-state index in [0.29, 0.717) is 0 Å². The minimum absolute atomic E-state index is 0.688. The summed E-state index contributed by atoms with van der Waals surface area (Å²) in [6, 6.07) is 48.6. The summed E-state index contributed by atoms with van der Waals surface area (Å²) in [5, 5.41) is 6.22. The van der Waals surface area contributed by atoms with E-state index in [0.717, 1.165) is 17.3 Å². The molecular weight excluding hydrogens is 589 g/mol. The number of ether oxygens (including phenoxy) is 1. The van der Waals surface area contributed by atoms with Gasteiger partial charge in [-0.15, -0.1) is 4.57 Å². The number of rotatable bonds is 1. The van der Waals surface area contributed by atoms with Gasteiger partial charge in [0.1, 0.15) is 22.6 Å². The quantitative estimate of drug-likeness (QED) is 0.134. The van der Waals surface area contributed by atoms with Crippen LogP contribution in [0, 0.1) is 0 Å². The lowest BCUT2D eigenvalue weighted by Gasteiger charge is -2.34. The average molecular weight is 613 g/mol. The molecule has 0 amide bonds. The van der Waals surface area contributed by atoms with Crippen LogP contribution in [0.1, 0.15) is 11.1 Å². The van der Waals surface area contributed by atoms with Gasteiger partial charge in [-0.05, 0) is 60.2 Å². The Morgan fingerprint density at radius 3 is 2.15 bits per heavy atom. The molecule has 0 N–H and O–H groups in total. The van der Waals surface area contributed by atoms with Gasteiger partial charge in [0.05, 0.1) is 33.5 Å². The molecule has 3 aliphatic rings. The Balaban J connectivity index is 1.33. The second-order valence-electron chi connectivity index (χ2n) is 13.3. The van der Waals surface area contributed by atoms with Crippen LogP contribution >= 0.6 is 0 Å². The Labute approximate surface area is 273 Å². The summed E-state index contributed by atoms with van der Waals surface area (Å²) in [6.45, 7) is 0. The van der Waals surface area contributed by atoms with Gasteiger partial charge in [-0.1, -0.05) is 66.7 Å². The summed E-state index contributed by atoms with van der Waals surface area (Å²) in [5.74, 6) is 2.95. The van der Waals surface area contributed by atoms with Crippen molar-refractivity contribution >= 4 is 60.0 Å². The van der Waals surface area contributed by atoms with E-state index in [2.05, 4.69) is 164 Å². The van der Waals surface area contributed by atoms with Crippen molar-refractivity contribution in [2.45, 2.75) is 5.66 Å². The predicted octanol–water partition coefficient (Wildman–Crippen LogP) is 8.77. The monoisotopic (exact) mass is 612 g/mol. The molecule has 10 aromatic rings. The van der Waals surface area contributed by atoms with Crippen LogP contribution in [-0.4, -0.2) is 8.97 Å². The standard InChI is InChI=1S/C43H24N4O/c1-2-11-25(12-3-1)36-28-14-5-7-17-31(28)46-32-20-22-33-38-37(32)40-29(41(36)46)15-10-24-45(40)43(38)39-34(48-33)21-19-27-26-13-4-6-16-30(26)47(42(27)39)35-18-8-9-23-44(35)43/h1-24H/q+2. The summed E-state index contributed by atoms with van der Waals surface area (Å²) < 4.78 is 17.0. The zero-order chi connectivity index (χ0) is 30.9. The fourth-order valence-electron chi connectivity index (χ4n) is 9.73. The van der Waals surface area contributed by atoms with E-state index in [4.69, 9.17) is 4.74 Å². The van der Waals surface area contributed by atoms with Gasteiger partial charge in [0.15, 0.2) is 17.3 Å². The summed E-state index contributed by atoms with van der Waals surface area (Å²) in [7, 11) is 0. The molecule has 5 nitrogen and oxygen atoms in total. The highest BCUT2D eigenvalue weighted by Crippen LogP contribution is 2.57. The molecule has 3 aliphatic heterocycles. The molecule has 5 aromatic carbocycles. The first-order valence-electron chi connectivity index (χ1n) is 16.5. The maximum Gasteiger partial charge on any atom is 0.375 e. The molecule has 5 heteroatoms. The Morgan fingerprint density at radius 2 is 1.23 bits per heavy atom. The molecule has 5 aromatic heterocycles. The predicted molar refractivity (Wildman–Crippen MR) is 188 cm³/mol. The Morgan fingerprint density at radius 1 is 0.500 bits per heavy atom. The van der Waals surface area contributed by atoms with Gasteiger partial charge < -0.3 is 9.14 Å². The fraction of sp³-hybridized carbons (Fsp3) is 0.0233. The molecule has 8 heterocycles. The van der Waals surface area contributed by atoms with Crippen molar-refractivity contribution in [1.29, 1.82) is 0 Å². The molecule has 0 radical (unpaired) electrons. The maximum atomic E-state index is 6.99. The van der Waals surface area contributed by atoms with Crippen molar-refractivity contribution in [3.63, 3.8) is 0 Å². The lowest BCUT2D eigenvalue weighted by atomic mass is 9.84. The molecule has 13 rings (SSSR count). The Bertz CT molecular complexity index is 3150. The summed E-state index contributed by atoms with van der Waals surface area (Å²) in [6.07, 6.45) is 4.56. The van der Waals surface area contributed by atoms with Gasteiger partial charge in [-0.3, -0.25) is 0 Å². The van der Waals surface area contributed by atoms with Gasteiger partial charge in [0, 0.05) is 33.9 Å². The number of fused-ring (bicyclic) bond motifs is 10. The van der Waals surface area contributed by atoms with Crippen molar-refractivity contribution in [3.05, 3.63) is 157 Å². The maximum absolute atomic E-state index is 6.99. The SMILES string of the molecule is c1ccc(-c2c3ccccc3n3c4ccc5c6c4c4c(ccc[n+]4C64c6c(ccc7c8ccccc8n(c67)-c6cccc[n+]64)O5)c23)cc1. The topological polar surface area (TPSA) is 26.3 Å². The number of benzene rings is 5. The van der Waals surface area contributed by atoms with E-state index < -0.39 is 5.66 Å². The first kappa shape index (κ1) is 23.8. The van der Waals surface area contributed by atoms with Crippen LogP contribution in [0.5, 0.6) is 11.5 Å². The minimum Gasteiger partial charge on any atom is -0.456 e. The molecular formula is C43H24N4O+2. The lowest BCUT2D eigenvalue weighted by Crippen LogP contribution is -2.75. The second-order valence-corrected chi connectivity index (χ2v) is 13.3. The van der Waals surface area contributed by atoms with E-state index in [1.165, 1.54) is 82.3 Å². The third-order valence-electron chi connectivity index (χ3n) is 11.3. The molecule has 0 saturated carbocycles. The highest BCUT2D eigenvalue weighted by molar-refractivity contribution is 6.22. The van der Waals surface area contributed by atoms with E-state index in [1.54, 1.807) is 0 Å². The number of hydrogen-bond acceptors (Lipinski definition) is 1. The normalized spacial score (nSPS) is 16.6. The van der Waals surface area contributed by atoms with Crippen LogP contribution in [0.25, 0.3) is 77.0 Å². The average Bonchev–Trinajstić information content (AvgIpc) is 3.79. The highest BCUT2D eigenvalue weighted by Gasteiger charge is 2.66. The molecule has 0 saturated heterocycles. The highest BCUT2D eigenvalue weighted by atomic mass is 16.5. The number of nitrogens with zero attached hydrogens (tertiary/aromatic N) is 4. The third-order valence-corrected chi connectivity index (χ3v) is 11.3. The molecule has 1 atom stereocenters. The number of aromatic nitrogens is 4. The molecule has 0 fully saturated rings. The van der Waals surface area contributed by atoms with Crippen LogP contribution in [0.4, 0.5) is 0 Å². The summed E-state index contributed by atoms with van der Waals surface area (Å²) >= 11 is 0. The fourth-order valence-corrected chi connectivity index (χ4v) is 9.73. The van der Waals surface area contributed by atoms with Crippen molar-refractivity contribution in [2.75, 3.05) is 0 Å². The third kappa shape index (κ3) is 2.34. The van der Waals surface area contributed by atoms with Gasteiger partial charge in [0.25, 0.3) is 5.82 Å². The number of para-hydroxylation sites is 2. The summed E-state index contributed by atoms with van der Waals surface area (Å²) in [4.78, 5) is 0. The number of pyridine rings is 3. The molecule has 220 valence electrons. The molecule has 0 bridgehead atoms. The first-order valence-corrected chi connectivity index (χ1v) is 16.5. The minimum atomic E-state index is -0.688. The molecule has 0 aliphatic carbocycles. The molecule has 1 spiro atoms. The van der Waals surface area contributed by atoms with Crippen LogP contribution in [-0.2, 0) is 5.66 Å². The summed E-state index contributed by atoms with van der Waals surface area (Å²) in [5.41, 5.74) is 11.5. The zero-order valence-electron chi connectivity index (χ0n) is 25.6. The molecule has 1 unspecified atom stereocenters.